The minimum atomic E-state index is -0.289. The zero-order valence-electron chi connectivity index (χ0n) is 15.4. The SMILES string of the molecule is C#CCC(CC#CCC(CC#C)(COC)COC)(COC)COC. The molecule has 0 radical (unpaired) electrons. The Morgan fingerprint density at radius 2 is 0.875 bits per heavy atom. The summed E-state index contributed by atoms with van der Waals surface area (Å²) in [5.41, 5.74) is -0.578. The Balaban J connectivity index is 5.09. The Morgan fingerprint density at radius 3 is 1.08 bits per heavy atom. The summed E-state index contributed by atoms with van der Waals surface area (Å²) in [7, 11) is 6.62. The molecule has 0 rings (SSSR count). The second kappa shape index (κ2) is 12.9. The average Bonchev–Trinajstić information content (AvgIpc) is 2.53. The van der Waals surface area contributed by atoms with Crippen LogP contribution in [0, 0.1) is 47.4 Å². The van der Waals surface area contributed by atoms with Gasteiger partial charge >= 0.3 is 0 Å². The van der Waals surface area contributed by atoms with Gasteiger partial charge in [0, 0.05) is 65.0 Å². The van der Waals surface area contributed by atoms with Crippen LogP contribution in [0.3, 0.4) is 0 Å². The number of hydrogen-bond donors (Lipinski definition) is 0. The van der Waals surface area contributed by atoms with Gasteiger partial charge in [0.2, 0.25) is 0 Å². The maximum absolute atomic E-state index is 5.50. The molecule has 0 heterocycles. The van der Waals surface area contributed by atoms with Crippen molar-refractivity contribution in [3.05, 3.63) is 0 Å². The lowest BCUT2D eigenvalue weighted by Gasteiger charge is -2.29. The van der Waals surface area contributed by atoms with Crippen molar-refractivity contribution in [3.63, 3.8) is 0 Å². The van der Waals surface area contributed by atoms with Gasteiger partial charge in [-0.2, -0.15) is 0 Å². The number of ether oxygens (including phenoxy) is 4. The third kappa shape index (κ3) is 7.87. The van der Waals surface area contributed by atoms with Crippen LogP contribution in [-0.2, 0) is 18.9 Å². The van der Waals surface area contributed by atoms with Gasteiger partial charge in [0.15, 0.2) is 0 Å². The first kappa shape index (κ1) is 22.5. The van der Waals surface area contributed by atoms with Crippen LogP contribution in [0.25, 0.3) is 0 Å². The van der Waals surface area contributed by atoms with E-state index in [1.807, 2.05) is 0 Å². The van der Waals surface area contributed by atoms with Crippen molar-refractivity contribution in [3.8, 4) is 36.5 Å². The molecule has 0 aromatic carbocycles. The fraction of sp³-hybridized carbons (Fsp3) is 0.700. The predicted octanol–water partition coefficient (Wildman–Crippen LogP) is 2.38. The fourth-order valence-electron chi connectivity index (χ4n) is 2.77. The lowest BCUT2D eigenvalue weighted by atomic mass is 9.81. The zero-order valence-corrected chi connectivity index (χ0v) is 15.4. The summed E-state index contributed by atoms with van der Waals surface area (Å²) < 4.78 is 21.3. The number of terminal acetylenes is 2. The van der Waals surface area contributed by atoms with Crippen LogP contribution in [0.1, 0.15) is 25.7 Å². The van der Waals surface area contributed by atoms with Gasteiger partial charge < -0.3 is 18.9 Å². The number of hydrogen-bond acceptors (Lipinski definition) is 4. The molecule has 0 aromatic heterocycles. The van der Waals surface area contributed by atoms with Crippen molar-refractivity contribution >= 4 is 0 Å². The first-order chi connectivity index (χ1) is 11.6. The van der Waals surface area contributed by atoms with E-state index < -0.39 is 0 Å². The summed E-state index contributed by atoms with van der Waals surface area (Å²) in [6.45, 7) is 2.02. The molecule has 0 bridgehead atoms. The topological polar surface area (TPSA) is 36.9 Å². The lowest BCUT2D eigenvalue weighted by molar-refractivity contribution is 0.0149. The van der Waals surface area contributed by atoms with Gasteiger partial charge in [0.05, 0.1) is 26.4 Å². The van der Waals surface area contributed by atoms with Gasteiger partial charge in [0.25, 0.3) is 0 Å². The van der Waals surface area contributed by atoms with E-state index >= 15 is 0 Å². The van der Waals surface area contributed by atoms with E-state index in [-0.39, 0.29) is 10.8 Å². The quantitative estimate of drug-likeness (QED) is 0.514. The van der Waals surface area contributed by atoms with Crippen LogP contribution in [0.15, 0.2) is 0 Å². The van der Waals surface area contributed by atoms with E-state index in [2.05, 4.69) is 23.7 Å². The normalized spacial score (nSPS) is 11.2. The summed E-state index contributed by atoms with van der Waals surface area (Å²) >= 11 is 0. The molecule has 4 heteroatoms. The average molecular weight is 334 g/mol. The van der Waals surface area contributed by atoms with Crippen molar-refractivity contribution in [1.29, 1.82) is 0 Å². The first-order valence-corrected chi connectivity index (χ1v) is 7.86. The minimum Gasteiger partial charge on any atom is -0.384 e. The highest BCUT2D eigenvalue weighted by Gasteiger charge is 2.30. The monoisotopic (exact) mass is 334 g/mol. The van der Waals surface area contributed by atoms with Crippen molar-refractivity contribution in [2.45, 2.75) is 25.7 Å². The standard InChI is InChI=1S/C20H30O4/c1-7-11-19(15-21-3,16-22-4)13-9-10-14-20(12-8-2,17-23-5)18-24-6/h1-2H,11-18H2,3-6H3. The van der Waals surface area contributed by atoms with Crippen LogP contribution in [0.4, 0.5) is 0 Å². The Morgan fingerprint density at radius 1 is 0.583 bits per heavy atom. The summed E-state index contributed by atoms with van der Waals surface area (Å²) in [6, 6.07) is 0. The summed E-state index contributed by atoms with van der Waals surface area (Å²) in [4.78, 5) is 0. The van der Waals surface area contributed by atoms with Crippen molar-refractivity contribution in [1.82, 2.24) is 0 Å². The molecule has 0 aliphatic rings. The number of rotatable bonds is 12. The molecule has 0 amide bonds. The van der Waals surface area contributed by atoms with Crippen molar-refractivity contribution in [2.24, 2.45) is 10.8 Å². The number of methoxy groups -OCH3 is 4. The molecular formula is C20H30O4. The van der Waals surface area contributed by atoms with Crippen LogP contribution in [0.5, 0.6) is 0 Å². The summed E-state index contributed by atoms with van der Waals surface area (Å²) in [5, 5.41) is 0. The molecular weight excluding hydrogens is 304 g/mol. The first-order valence-electron chi connectivity index (χ1n) is 7.86. The maximum atomic E-state index is 5.50. The Labute approximate surface area is 147 Å². The van der Waals surface area contributed by atoms with E-state index in [9.17, 15) is 0 Å². The van der Waals surface area contributed by atoms with Gasteiger partial charge in [-0.15, -0.1) is 36.5 Å². The van der Waals surface area contributed by atoms with Gasteiger partial charge in [-0.3, -0.25) is 0 Å². The highest BCUT2D eigenvalue weighted by molar-refractivity contribution is 5.10. The third-order valence-corrected chi connectivity index (χ3v) is 3.81. The molecule has 134 valence electrons. The molecule has 24 heavy (non-hydrogen) atoms. The molecule has 0 aliphatic heterocycles. The highest BCUT2D eigenvalue weighted by atomic mass is 16.5. The van der Waals surface area contributed by atoms with E-state index in [1.54, 1.807) is 28.4 Å². The van der Waals surface area contributed by atoms with Crippen LogP contribution in [-0.4, -0.2) is 54.9 Å². The van der Waals surface area contributed by atoms with Crippen molar-refractivity contribution in [2.75, 3.05) is 54.9 Å². The fourth-order valence-corrected chi connectivity index (χ4v) is 2.77. The zero-order chi connectivity index (χ0) is 18.3. The molecule has 4 nitrogen and oxygen atoms in total. The molecule has 0 spiro atoms. The lowest BCUT2D eigenvalue weighted by Crippen LogP contribution is -2.32. The predicted molar refractivity (Wildman–Crippen MR) is 96.3 cm³/mol. The Hall–Kier alpha value is -1.48. The minimum absolute atomic E-state index is 0.289. The molecule has 0 saturated carbocycles. The second-order valence-electron chi connectivity index (χ2n) is 6.20. The van der Waals surface area contributed by atoms with Gasteiger partial charge in [-0.1, -0.05) is 0 Å². The highest BCUT2D eigenvalue weighted by Crippen LogP contribution is 2.29. The van der Waals surface area contributed by atoms with Crippen LogP contribution in [0.2, 0.25) is 0 Å². The second-order valence-corrected chi connectivity index (χ2v) is 6.20. The third-order valence-electron chi connectivity index (χ3n) is 3.81. The summed E-state index contributed by atoms with van der Waals surface area (Å²) in [5.74, 6) is 11.9. The molecule has 0 fully saturated rings. The molecule has 0 saturated heterocycles. The Kier molecular flexibility index (Phi) is 12.1. The summed E-state index contributed by atoms with van der Waals surface area (Å²) in [6.07, 6.45) is 13.3. The maximum Gasteiger partial charge on any atom is 0.0559 e. The van der Waals surface area contributed by atoms with E-state index in [0.717, 1.165) is 0 Å². The molecule has 0 aliphatic carbocycles. The van der Waals surface area contributed by atoms with E-state index in [0.29, 0.717) is 52.1 Å². The molecule has 0 atom stereocenters. The van der Waals surface area contributed by atoms with Crippen LogP contribution < -0.4 is 0 Å². The van der Waals surface area contributed by atoms with Gasteiger partial charge in [-0.25, -0.2) is 0 Å². The molecule has 0 unspecified atom stereocenters. The smallest absolute Gasteiger partial charge is 0.0559 e. The molecule has 0 aromatic rings. The Bertz CT molecular complexity index is 419. The van der Waals surface area contributed by atoms with Gasteiger partial charge in [-0.05, 0) is 0 Å². The van der Waals surface area contributed by atoms with Gasteiger partial charge in [0.1, 0.15) is 0 Å². The van der Waals surface area contributed by atoms with Crippen molar-refractivity contribution < 1.29 is 18.9 Å². The van der Waals surface area contributed by atoms with E-state index in [1.165, 1.54) is 0 Å². The largest absolute Gasteiger partial charge is 0.384 e. The van der Waals surface area contributed by atoms with Crippen LogP contribution >= 0.6 is 0 Å². The van der Waals surface area contributed by atoms with E-state index in [4.69, 9.17) is 31.8 Å². The molecule has 0 N–H and O–H groups in total.